The quantitative estimate of drug-likeness (QED) is 0.801. The average Bonchev–Trinajstić information content (AvgIpc) is 2.84. The van der Waals surface area contributed by atoms with Crippen LogP contribution in [0.15, 0.2) is 18.2 Å². The van der Waals surface area contributed by atoms with Gasteiger partial charge in [0.15, 0.2) is 0 Å². The minimum Gasteiger partial charge on any atom is -0.478 e. The van der Waals surface area contributed by atoms with E-state index in [1.165, 1.54) is 19.3 Å². The lowest BCUT2D eigenvalue weighted by Gasteiger charge is -2.18. The van der Waals surface area contributed by atoms with Crippen molar-refractivity contribution in [2.45, 2.75) is 26.2 Å². The maximum Gasteiger partial charge on any atom is 0.215 e. The highest BCUT2D eigenvalue weighted by atomic mass is 35.5. The molecule has 2 unspecified atom stereocenters. The molecule has 1 aromatic heterocycles. The molecular weight excluding hydrogens is 248 g/mol. The molecule has 1 saturated carbocycles. The molecule has 0 aromatic carbocycles. The molecule has 0 aliphatic heterocycles. The lowest BCUT2D eigenvalue weighted by Crippen LogP contribution is -2.19. The fourth-order valence-electron chi connectivity index (χ4n) is 2.56. The van der Waals surface area contributed by atoms with Crippen molar-refractivity contribution in [1.29, 1.82) is 0 Å². The zero-order valence-corrected chi connectivity index (χ0v) is 11.6. The van der Waals surface area contributed by atoms with Gasteiger partial charge in [-0.3, -0.25) is 0 Å². The first-order chi connectivity index (χ1) is 8.83. The topological polar surface area (TPSA) is 34.1 Å². The molecule has 1 heterocycles. The monoisotopic (exact) mass is 268 g/mol. The predicted octanol–water partition coefficient (Wildman–Crippen LogP) is 3.55. The number of nitrogens with zero attached hydrogens (tertiary/aromatic N) is 1. The molecule has 1 fully saturated rings. The molecule has 2 rings (SSSR count). The van der Waals surface area contributed by atoms with Crippen LogP contribution in [-0.4, -0.2) is 24.0 Å². The van der Waals surface area contributed by atoms with Gasteiger partial charge in [-0.05, 0) is 37.7 Å². The number of alkyl halides is 1. The number of hydrogen-bond acceptors (Lipinski definition) is 3. The standard InChI is InChI=1S/C14H21ClN2O/c1-2-18-14-8-4-7-13(17-14)16-10-12-6-3-5-11(12)9-15/h4,7-8,11-12H,2-3,5-6,9-10H2,1H3,(H,16,17). The molecule has 3 nitrogen and oxygen atoms in total. The van der Waals surface area contributed by atoms with Gasteiger partial charge in [0, 0.05) is 18.5 Å². The Hall–Kier alpha value is -0.960. The van der Waals surface area contributed by atoms with Crippen LogP contribution in [0, 0.1) is 11.8 Å². The SMILES string of the molecule is CCOc1cccc(NCC2CCCC2CCl)n1. The van der Waals surface area contributed by atoms with Crippen LogP contribution in [-0.2, 0) is 0 Å². The van der Waals surface area contributed by atoms with E-state index in [9.17, 15) is 0 Å². The number of nitrogens with one attached hydrogen (secondary N) is 1. The molecule has 100 valence electrons. The smallest absolute Gasteiger partial charge is 0.215 e. The molecule has 0 spiro atoms. The Kier molecular flexibility index (Phi) is 5.12. The second-order valence-corrected chi connectivity index (χ2v) is 5.09. The summed E-state index contributed by atoms with van der Waals surface area (Å²) in [6.45, 7) is 3.57. The molecule has 4 heteroatoms. The molecule has 2 atom stereocenters. The lowest BCUT2D eigenvalue weighted by atomic mass is 9.98. The molecule has 0 bridgehead atoms. The molecule has 1 aliphatic rings. The number of anilines is 1. The number of aromatic nitrogens is 1. The van der Waals surface area contributed by atoms with Crippen LogP contribution in [0.4, 0.5) is 5.82 Å². The summed E-state index contributed by atoms with van der Waals surface area (Å²) in [6.07, 6.45) is 3.84. The summed E-state index contributed by atoms with van der Waals surface area (Å²) in [6, 6.07) is 5.83. The number of halogens is 1. The average molecular weight is 269 g/mol. The molecule has 0 radical (unpaired) electrons. The lowest BCUT2D eigenvalue weighted by molar-refractivity contribution is 0.327. The summed E-state index contributed by atoms with van der Waals surface area (Å²) in [7, 11) is 0. The van der Waals surface area contributed by atoms with Gasteiger partial charge in [0.25, 0.3) is 0 Å². The van der Waals surface area contributed by atoms with Crippen LogP contribution >= 0.6 is 11.6 Å². The second-order valence-electron chi connectivity index (χ2n) is 4.78. The largest absolute Gasteiger partial charge is 0.478 e. The van der Waals surface area contributed by atoms with Crippen molar-refractivity contribution in [1.82, 2.24) is 4.98 Å². The Labute approximate surface area is 114 Å². The van der Waals surface area contributed by atoms with Crippen molar-refractivity contribution in [3.05, 3.63) is 18.2 Å². The van der Waals surface area contributed by atoms with E-state index in [0.29, 0.717) is 24.3 Å². The van der Waals surface area contributed by atoms with E-state index < -0.39 is 0 Å². The highest BCUT2D eigenvalue weighted by Gasteiger charge is 2.26. The van der Waals surface area contributed by atoms with E-state index in [0.717, 1.165) is 18.2 Å². The van der Waals surface area contributed by atoms with E-state index >= 15 is 0 Å². The van der Waals surface area contributed by atoms with E-state index in [2.05, 4.69) is 10.3 Å². The molecule has 0 saturated heterocycles. The van der Waals surface area contributed by atoms with Gasteiger partial charge in [0.2, 0.25) is 5.88 Å². The number of ether oxygens (including phenoxy) is 1. The minimum atomic E-state index is 0.646. The fourth-order valence-corrected chi connectivity index (χ4v) is 2.97. The Bertz CT molecular complexity index is 373. The summed E-state index contributed by atoms with van der Waals surface area (Å²) in [5.74, 6) is 3.69. The van der Waals surface area contributed by atoms with Crippen molar-refractivity contribution in [3.8, 4) is 5.88 Å². The number of pyridine rings is 1. The van der Waals surface area contributed by atoms with E-state index in [4.69, 9.17) is 16.3 Å². The van der Waals surface area contributed by atoms with Crippen LogP contribution in [0.5, 0.6) is 5.88 Å². The van der Waals surface area contributed by atoms with Crippen molar-refractivity contribution in [3.63, 3.8) is 0 Å². The Morgan fingerprint density at radius 1 is 1.39 bits per heavy atom. The summed E-state index contributed by atoms with van der Waals surface area (Å²) < 4.78 is 5.39. The van der Waals surface area contributed by atoms with Crippen LogP contribution in [0.2, 0.25) is 0 Å². The van der Waals surface area contributed by atoms with Crippen molar-refractivity contribution < 1.29 is 4.74 Å². The first-order valence-corrected chi connectivity index (χ1v) is 7.26. The first-order valence-electron chi connectivity index (χ1n) is 6.73. The van der Waals surface area contributed by atoms with Gasteiger partial charge in [-0.1, -0.05) is 12.5 Å². The molecule has 1 aliphatic carbocycles. The van der Waals surface area contributed by atoms with E-state index in [1.807, 2.05) is 25.1 Å². The zero-order chi connectivity index (χ0) is 12.8. The normalized spacial score (nSPS) is 23.0. The Morgan fingerprint density at radius 2 is 2.22 bits per heavy atom. The predicted molar refractivity (Wildman–Crippen MR) is 75.4 cm³/mol. The molecular formula is C14H21ClN2O. The van der Waals surface area contributed by atoms with Gasteiger partial charge in [-0.25, -0.2) is 0 Å². The van der Waals surface area contributed by atoms with Gasteiger partial charge in [-0.15, -0.1) is 11.6 Å². The van der Waals surface area contributed by atoms with E-state index in [-0.39, 0.29) is 0 Å². The second kappa shape index (κ2) is 6.83. The van der Waals surface area contributed by atoms with Crippen LogP contribution in [0.25, 0.3) is 0 Å². The van der Waals surface area contributed by atoms with Crippen molar-refractivity contribution in [2.75, 3.05) is 24.3 Å². The van der Waals surface area contributed by atoms with Gasteiger partial charge < -0.3 is 10.1 Å². The van der Waals surface area contributed by atoms with Crippen LogP contribution < -0.4 is 10.1 Å². The molecule has 0 amide bonds. The van der Waals surface area contributed by atoms with Gasteiger partial charge >= 0.3 is 0 Å². The summed E-state index contributed by atoms with van der Waals surface area (Å²) in [5.41, 5.74) is 0. The molecule has 1 aromatic rings. The molecule has 1 N–H and O–H groups in total. The molecule has 18 heavy (non-hydrogen) atoms. The van der Waals surface area contributed by atoms with Crippen molar-refractivity contribution >= 4 is 17.4 Å². The maximum atomic E-state index is 5.99. The zero-order valence-electron chi connectivity index (χ0n) is 10.9. The van der Waals surface area contributed by atoms with Gasteiger partial charge in [0.1, 0.15) is 5.82 Å². The summed E-state index contributed by atoms with van der Waals surface area (Å²) in [5, 5.41) is 3.40. The first kappa shape index (κ1) is 13.5. The van der Waals surface area contributed by atoms with Gasteiger partial charge in [-0.2, -0.15) is 4.98 Å². The van der Waals surface area contributed by atoms with Crippen LogP contribution in [0.1, 0.15) is 26.2 Å². The summed E-state index contributed by atoms with van der Waals surface area (Å²) in [4.78, 5) is 4.41. The van der Waals surface area contributed by atoms with E-state index in [1.54, 1.807) is 0 Å². The minimum absolute atomic E-state index is 0.646. The third-order valence-corrected chi connectivity index (χ3v) is 3.97. The fraction of sp³-hybridized carbons (Fsp3) is 0.643. The third-order valence-electron chi connectivity index (χ3n) is 3.58. The number of rotatable bonds is 6. The highest BCUT2D eigenvalue weighted by molar-refractivity contribution is 6.18. The summed E-state index contributed by atoms with van der Waals surface area (Å²) >= 11 is 5.99. The maximum absolute atomic E-state index is 5.99. The third kappa shape index (κ3) is 3.52. The Morgan fingerprint density at radius 3 is 3.00 bits per heavy atom. The van der Waals surface area contributed by atoms with Crippen LogP contribution in [0.3, 0.4) is 0 Å². The Balaban J connectivity index is 1.87. The van der Waals surface area contributed by atoms with Gasteiger partial charge in [0.05, 0.1) is 6.61 Å². The highest BCUT2D eigenvalue weighted by Crippen LogP contribution is 2.32. The number of hydrogen-bond donors (Lipinski definition) is 1. The van der Waals surface area contributed by atoms with Crippen molar-refractivity contribution in [2.24, 2.45) is 11.8 Å².